The first-order valence-corrected chi connectivity index (χ1v) is 7.22. The van der Waals surface area contributed by atoms with Crippen molar-refractivity contribution in [1.29, 1.82) is 0 Å². The lowest BCUT2D eigenvalue weighted by Gasteiger charge is -2.36. The number of rotatable bonds is 3. The summed E-state index contributed by atoms with van der Waals surface area (Å²) in [5.41, 5.74) is 0.549. The molecule has 1 N–H and O–H groups in total. The quantitative estimate of drug-likeness (QED) is 0.933. The number of carboxylic acid groups (broad SMARTS) is 1. The first-order valence-electron chi connectivity index (χ1n) is 6.84. The molecule has 0 bridgehead atoms. The van der Waals surface area contributed by atoms with Gasteiger partial charge >= 0.3 is 5.97 Å². The van der Waals surface area contributed by atoms with E-state index in [2.05, 4.69) is 0 Å². The zero-order valence-electron chi connectivity index (χ0n) is 11.7. The van der Waals surface area contributed by atoms with Gasteiger partial charge in [0.2, 0.25) is 5.91 Å². The fourth-order valence-corrected chi connectivity index (χ4v) is 2.82. The summed E-state index contributed by atoms with van der Waals surface area (Å²) >= 11 is 5.92. The Labute approximate surface area is 127 Å². The van der Waals surface area contributed by atoms with Gasteiger partial charge in [0, 0.05) is 17.6 Å². The van der Waals surface area contributed by atoms with Crippen LogP contribution in [-0.4, -0.2) is 34.5 Å². The number of piperidine rings is 1. The summed E-state index contributed by atoms with van der Waals surface area (Å²) in [5.74, 6) is -2.02. The van der Waals surface area contributed by atoms with Crippen molar-refractivity contribution in [2.24, 2.45) is 5.92 Å². The van der Waals surface area contributed by atoms with Gasteiger partial charge in [-0.05, 0) is 37.5 Å². The number of carbonyl (C=O) groups is 2. The van der Waals surface area contributed by atoms with E-state index in [0.29, 0.717) is 18.4 Å². The summed E-state index contributed by atoms with van der Waals surface area (Å²) in [6.45, 7) is 2.12. The average Bonchev–Trinajstić information content (AvgIpc) is 2.42. The summed E-state index contributed by atoms with van der Waals surface area (Å²) in [5, 5.41) is 9.30. The zero-order valence-corrected chi connectivity index (χ0v) is 12.4. The third-order valence-corrected chi connectivity index (χ3v) is 4.26. The molecule has 0 aliphatic carbocycles. The number of halogens is 2. The largest absolute Gasteiger partial charge is 0.481 e. The molecule has 6 heteroatoms. The Hall–Kier alpha value is -1.62. The fraction of sp³-hybridized carbons (Fsp3) is 0.467. The van der Waals surface area contributed by atoms with E-state index in [9.17, 15) is 14.0 Å². The number of hydrogen-bond acceptors (Lipinski definition) is 2. The van der Waals surface area contributed by atoms with Crippen LogP contribution in [0.3, 0.4) is 0 Å². The van der Waals surface area contributed by atoms with Crippen molar-refractivity contribution in [1.82, 2.24) is 4.90 Å². The Morgan fingerprint density at radius 1 is 1.43 bits per heavy atom. The predicted molar refractivity (Wildman–Crippen MR) is 76.6 cm³/mol. The lowest BCUT2D eigenvalue weighted by atomic mass is 9.93. The molecule has 2 unspecified atom stereocenters. The molecule has 0 radical (unpaired) electrons. The predicted octanol–water partition coefficient (Wildman–Crippen LogP) is 2.73. The molecule has 0 spiro atoms. The molecular weight excluding hydrogens is 297 g/mol. The third-order valence-electron chi connectivity index (χ3n) is 3.91. The van der Waals surface area contributed by atoms with Crippen molar-refractivity contribution in [2.75, 3.05) is 6.54 Å². The van der Waals surface area contributed by atoms with E-state index >= 15 is 0 Å². The van der Waals surface area contributed by atoms with Crippen molar-refractivity contribution >= 4 is 23.5 Å². The van der Waals surface area contributed by atoms with Crippen molar-refractivity contribution < 1.29 is 19.1 Å². The minimum Gasteiger partial charge on any atom is -0.481 e. The lowest BCUT2D eigenvalue weighted by molar-refractivity contribution is -0.147. The molecular formula is C15H17ClFNO3. The Bertz CT molecular complexity index is 564. The van der Waals surface area contributed by atoms with Crippen LogP contribution in [0.2, 0.25) is 5.02 Å². The topological polar surface area (TPSA) is 57.6 Å². The summed E-state index contributed by atoms with van der Waals surface area (Å²) < 4.78 is 13.0. The summed E-state index contributed by atoms with van der Waals surface area (Å²) in [4.78, 5) is 25.0. The number of amides is 1. The Morgan fingerprint density at radius 3 is 2.76 bits per heavy atom. The van der Waals surface area contributed by atoms with Crippen LogP contribution in [0.4, 0.5) is 4.39 Å². The van der Waals surface area contributed by atoms with Crippen LogP contribution < -0.4 is 0 Å². The number of hydrogen-bond donors (Lipinski definition) is 1. The van der Waals surface area contributed by atoms with Crippen LogP contribution >= 0.6 is 11.6 Å². The minimum absolute atomic E-state index is 0.00678. The molecule has 2 atom stereocenters. The van der Waals surface area contributed by atoms with Gasteiger partial charge < -0.3 is 10.0 Å². The molecule has 1 heterocycles. The SMILES string of the molecule is CC1CCC(C(=O)O)CN1C(=O)Cc1ccc(F)cc1Cl. The van der Waals surface area contributed by atoms with Gasteiger partial charge in [-0.2, -0.15) is 0 Å². The van der Waals surface area contributed by atoms with Crippen LogP contribution in [0.15, 0.2) is 18.2 Å². The summed E-state index contributed by atoms with van der Waals surface area (Å²) in [6, 6.07) is 3.92. The molecule has 1 saturated heterocycles. The van der Waals surface area contributed by atoms with Crippen LogP contribution in [0.5, 0.6) is 0 Å². The zero-order chi connectivity index (χ0) is 15.6. The molecule has 1 amide bonds. The molecule has 114 valence electrons. The van der Waals surface area contributed by atoms with E-state index in [-0.39, 0.29) is 29.9 Å². The average molecular weight is 314 g/mol. The van der Waals surface area contributed by atoms with Gasteiger partial charge in [-0.15, -0.1) is 0 Å². The number of likely N-dealkylation sites (tertiary alicyclic amines) is 1. The van der Waals surface area contributed by atoms with E-state index in [1.54, 1.807) is 4.90 Å². The van der Waals surface area contributed by atoms with Gasteiger partial charge in [-0.25, -0.2) is 4.39 Å². The van der Waals surface area contributed by atoms with Gasteiger partial charge in [-0.1, -0.05) is 17.7 Å². The number of nitrogens with zero attached hydrogens (tertiary/aromatic N) is 1. The Morgan fingerprint density at radius 2 is 2.14 bits per heavy atom. The maximum atomic E-state index is 13.0. The smallest absolute Gasteiger partial charge is 0.308 e. The van der Waals surface area contributed by atoms with Gasteiger partial charge in [0.05, 0.1) is 12.3 Å². The number of carbonyl (C=O) groups excluding carboxylic acids is 1. The van der Waals surface area contributed by atoms with Crippen molar-refractivity contribution in [3.63, 3.8) is 0 Å². The molecule has 21 heavy (non-hydrogen) atoms. The fourth-order valence-electron chi connectivity index (χ4n) is 2.59. The highest BCUT2D eigenvalue weighted by atomic mass is 35.5. The third kappa shape index (κ3) is 3.73. The Kier molecular flexibility index (Phi) is 4.83. The van der Waals surface area contributed by atoms with Crippen LogP contribution in [0, 0.1) is 11.7 Å². The molecule has 1 aromatic rings. The lowest BCUT2D eigenvalue weighted by Crippen LogP contribution is -2.47. The van der Waals surface area contributed by atoms with Gasteiger partial charge in [-0.3, -0.25) is 9.59 Å². The van der Waals surface area contributed by atoms with Gasteiger partial charge in [0.25, 0.3) is 0 Å². The molecule has 4 nitrogen and oxygen atoms in total. The number of benzene rings is 1. The molecule has 1 aliphatic rings. The first-order chi connectivity index (χ1) is 9.88. The minimum atomic E-state index is -0.875. The first kappa shape index (κ1) is 15.8. The van der Waals surface area contributed by atoms with E-state index in [0.717, 1.165) is 0 Å². The highest BCUT2D eigenvalue weighted by Gasteiger charge is 2.32. The number of aliphatic carboxylic acids is 1. The van der Waals surface area contributed by atoms with E-state index in [1.165, 1.54) is 18.2 Å². The Balaban J connectivity index is 2.09. The molecule has 0 saturated carbocycles. The highest BCUT2D eigenvalue weighted by molar-refractivity contribution is 6.31. The van der Waals surface area contributed by atoms with E-state index in [1.807, 2.05) is 6.92 Å². The van der Waals surface area contributed by atoms with E-state index in [4.69, 9.17) is 16.7 Å². The van der Waals surface area contributed by atoms with Crippen molar-refractivity contribution in [3.8, 4) is 0 Å². The van der Waals surface area contributed by atoms with Gasteiger partial charge in [0.1, 0.15) is 5.82 Å². The second kappa shape index (κ2) is 6.43. The normalized spacial score (nSPS) is 22.1. The second-order valence-electron chi connectivity index (χ2n) is 5.42. The second-order valence-corrected chi connectivity index (χ2v) is 5.83. The van der Waals surface area contributed by atoms with Gasteiger partial charge in [0.15, 0.2) is 0 Å². The molecule has 1 fully saturated rings. The van der Waals surface area contributed by atoms with Crippen LogP contribution in [0.25, 0.3) is 0 Å². The molecule has 0 aromatic heterocycles. The van der Waals surface area contributed by atoms with E-state index < -0.39 is 17.7 Å². The summed E-state index contributed by atoms with van der Waals surface area (Å²) in [6.07, 6.45) is 1.30. The molecule has 1 aromatic carbocycles. The number of carboxylic acids is 1. The van der Waals surface area contributed by atoms with Crippen molar-refractivity contribution in [2.45, 2.75) is 32.2 Å². The monoisotopic (exact) mass is 313 g/mol. The van der Waals surface area contributed by atoms with Crippen LogP contribution in [0.1, 0.15) is 25.3 Å². The standard InChI is InChI=1S/C15H17ClFNO3/c1-9-2-3-11(15(20)21)8-18(9)14(19)6-10-4-5-12(17)7-13(10)16/h4-5,7,9,11H,2-3,6,8H2,1H3,(H,20,21). The summed E-state index contributed by atoms with van der Waals surface area (Å²) in [7, 11) is 0. The maximum Gasteiger partial charge on any atom is 0.308 e. The molecule has 2 rings (SSSR count). The maximum absolute atomic E-state index is 13.0. The molecule has 1 aliphatic heterocycles. The highest BCUT2D eigenvalue weighted by Crippen LogP contribution is 2.24. The van der Waals surface area contributed by atoms with Crippen molar-refractivity contribution in [3.05, 3.63) is 34.6 Å². The van der Waals surface area contributed by atoms with Crippen LogP contribution in [-0.2, 0) is 16.0 Å².